The summed E-state index contributed by atoms with van der Waals surface area (Å²) >= 11 is 0. The van der Waals surface area contributed by atoms with Crippen molar-refractivity contribution < 1.29 is 8.42 Å². The van der Waals surface area contributed by atoms with Crippen molar-refractivity contribution in [1.29, 1.82) is 0 Å². The summed E-state index contributed by atoms with van der Waals surface area (Å²) in [6, 6.07) is 38.0. The fraction of sp³-hybridized carbons (Fsp3) is 0.143. The van der Waals surface area contributed by atoms with Gasteiger partial charge in [0.25, 0.3) is 0 Å². The lowest BCUT2D eigenvalue weighted by Gasteiger charge is -2.32. The van der Waals surface area contributed by atoms with Crippen LogP contribution in [-0.4, -0.2) is 14.7 Å². The minimum Gasteiger partial charge on any atom is -0.361 e. The molecule has 0 radical (unpaired) electrons. The first kappa shape index (κ1) is 22.6. The summed E-state index contributed by atoms with van der Waals surface area (Å²) in [6.45, 7) is 1.60. The Bertz CT molecular complexity index is 1220. The highest BCUT2D eigenvalue weighted by Crippen LogP contribution is 2.34. The smallest absolute Gasteiger partial charge is 0.232 e. The fourth-order valence-corrected chi connectivity index (χ4v) is 4.80. The van der Waals surface area contributed by atoms with Gasteiger partial charge in [0.2, 0.25) is 10.0 Å². The number of benzene rings is 4. The molecule has 5 heteroatoms. The lowest BCUT2D eigenvalue weighted by atomic mass is 10.1. The lowest BCUT2D eigenvalue weighted by Crippen LogP contribution is -2.32. The molecule has 4 aromatic carbocycles. The van der Waals surface area contributed by atoms with Gasteiger partial charge in [-0.1, -0.05) is 103 Å². The quantitative estimate of drug-likeness (QED) is 0.317. The van der Waals surface area contributed by atoms with Crippen molar-refractivity contribution in [3.05, 3.63) is 132 Å². The number of anilines is 2. The Kier molecular flexibility index (Phi) is 7.10. The molecule has 0 aliphatic heterocycles. The first-order chi connectivity index (χ1) is 16.0. The molecule has 0 saturated heterocycles. The number of hydrogen-bond donors (Lipinski definition) is 0. The number of rotatable bonds is 9. The zero-order valence-electron chi connectivity index (χ0n) is 18.7. The van der Waals surface area contributed by atoms with Crippen LogP contribution in [0.25, 0.3) is 0 Å². The van der Waals surface area contributed by atoms with Crippen LogP contribution in [0.15, 0.2) is 115 Å². The average molecular weight is 457 g/mol. The number of hydrogen-bond acceptors (Lipinski definition) is 3. The summed E-state index contributed by atoms with van der Waals surface area (Å²) < 4.78 is 27.4. The van der Waals surface area contributed by atoms with E-state index in [0.717, 1.165) is 22.4 Å². The molecule has 0 N–H and O–H groups in total. The van der Waals surface area contributed by atoms with Crippen LogP contribution < -0.4 is 9.21 Å². The zero-order chi connectivity index (χ0) is 23.1. The van der Waals surface area contributed by atoms with Crippen LogP contribution in [0.1, 0.15) is 16.7 Å². The molecule has 168 valence electrons. The second-order valence-electron chi connectivity index (χ2n) is 8.07. The molecule has 0 fully saturated rings. The summed E-state index contributed by atoms with van der Waals surface area (Å²) in [5.41, 5.74) is 4.83. The van der Waals surface area contributed by atoms with Gasteiger partial charge in [-0.3, -0.25) is 4.31 Å². The van der Waals surface area contributed by atoms with Crippen molar-refractivity contribution in [1.82, 2.24) is 0 Å². The van der Waals surface area contributed by atoms with Crippen LogP contribution in [0.4, 0.5) is 11.4 Å². The molecule has 4 aromatic rings. The first-order valence-electron chi connectivity index (χ1n) is 10.9. The van der Waals surface area contributed by atoms with Gasteiger partial charge in [-0.25, -0.2) is 8.42 Å². The van der Waals surface area contributed by atoms with Gasteiger partial charge in [0.05, 0.1) is 24.2 Å². The van der Waals surface area contributed by atoms with Gasteiger partial charge in [-0.15, -0.1) is 0 Å². The lowest BCUT2D eigenvalue weighted by molar-refractivity contribution is 0.596. The zero-order valence-corrected chi connectivity index (χ0v) is 19.5. The molecule has 0 bridgehead atoms. The van der Waals surface area contributed by atoms with Crippen molar-refractivity contribution in [3.63, 3.8) is 0 Å². The van der Waals surface area contributed by atoms with Crippen LogP contribution in [0.5, 0.6) is 0 Å². The maximum Gasteiger partial charge on any atom is 0.232 e. The van der Waals surface area contributed by atoms with Gasteiger partial charge in [0.15, 0.2) is 0 Å². The molecule has 0 aliphatic carbocycles. The van der Waals surface area contributed by atoms with Crippen LogP contribution in [0.3, 0.4) is 0 Å². The van der Waals surface area contributed by atoms with Gasteiger partial charge in [-0.2, -0.15) is 0 Å². The highest BCUT2D eigenvalue weighted by Gasteiger charge is 2.23. The van der Waals surface area contributed by atoms with E-state index >= 15 is 0 Å². The number of para-hydroxylation sites is 2. The van der Waals surface area contributed by atoms with Gasteiger partial charge >= 0.3 is 0 Å². The Balaban J connectivity index is 1.77. The Hall–Kier alpha value is -3.57. The third-order valence-electron chi connectivity index (χ3n) is 5.49. The van der Waals surface area contributed by atoms with Gasteiger partial charge in [-0.05, 0) is 28.8 Å². The molecule has 0 heterocycles. The van der Waals surface area contributed by atoms with Crippen molar-refractivity contribution in [2.24, 2.45) is 0 Å². The molecular formula is C28H28N2O2S. The molecule has 0 aromatic heterocycles. The van der Waals surface area contributed by atoms with Gasteiger partial charge < -0.3 is 4.90 Å². The highest BCUT2D eigenvalue weighted by molar-refractivity contribution is 7.92. The number of nitrogens with zero attached hydrogens (tertiary/aromatic N) is 2. The molecule has 0 unspecified atom stereocenters. The Morgan fingerprint density at radius 3 is 1.30 bits per heavy atom. The van der Waals surface area contributed by atoms with E-state index in [1.807, 2.05) is 91.0 Å². The van der Waals surface area contributed by atoms with E-state index in [-0.39, 0.29) is 6.54 Å². The fourth-order valence-electron chi connectivity index (χ4n) is 3.91. The van der Waals surface area contributed by atoms with Crippen molar-refractivity contribution in [2.75, 3.05) is 15.5 Å². The molecule has 33 heavy (non-hydrogen) atoms. The van der Waals surface area contributed by atoms with Gasteiger partial charge in [0.1, 0.15) is 0 Å². The van der Waals surface area contributed by atoms with Crippen LogP contribution >= 0.6 is 0 Å². The first-order valence-corrected chi connectivity index (χ1v) is 12.8. The van der Waals surface area contributed by atoms with E-state index in [1.54, 1.807) is 0 Å². The minimum atomic E-state index is -3.51. The van der Waals surface area contributed by atoms with Crippen LogP contribution in [0, 0.1) is 0 Å². The summed E-state index contributed by atoms with van der Waals surface area (Å²) in [5.74, 6) is 0. The second-order valence-corrected chi connectivity index (χ2v) is 9.98. The third kappa shape index (κ3) is 6.02. The van der Waals surface area contributed by atoms with E-state index in [4.69, 9.17) is 0 Å². The van der Waals surface area contributed by atoms with E-state index in [9.17, 15) is 8.42 Å². The minimum absolute atomic E-state index is 0.279. The summed E-state index contributed by atoms with van der Waals surface area (Å²) in [6.07, 6.45) is 1.27. The van der Waals surface area contributed by atoms with E-state index in [2.05, 4.69) is 29.2 Å². The number of sulfonamides is 1. The van der Waals surface area contributed by atoms with E-state index in [0.29, 0.717) is 18.8 Å². The summed E-state index contributed by atoms with van der Waals surface area (Å²) in [7, 11) is -3.51. The SMILES string of the molecule is CS(=O)(=O)N(Cc1ccccc1)c1ccccc1N(Cc1ccccc1)Cc1ccccc1. The maximum absolute atomic E-state index is 12.9. The van der Waals surface area contributed by atoms with Crippen LogP contribution in [-0.2, 0) is 29.7 Å². The van der Waals surface area contributed by atoms with Gasteiger partial charge in [0, 0.05) is 13.1 Å². The van der Waals surface area contributed by atoms with Crippen molar-refractivity contribution >= 4 is 21.4 Å². The molecule has 0 atom stereocenters. The third-order valence-corrected chi connectivity index (χ3v) is 6.62. The molecule has 4 rings (SSSR count). The van der Waals surface area contributed by atoms with Crippen LogP contribution in [0.2, 0.25) is 0 Å². The summed E-state index contributed by atoms with van der Waals surface area (Å²) in [4.78, 5) is 2.24. The molecule has 0 aliphatic rings. The van der Waals surface area contributed by atoms with Crippen molar-refractivity contribution in [3.8, 4) is 0 Å². The summed E-state index contributed by atoms with van der Waals surface area (Å²) in [5, 5.41) is 0. The Morgan fingerprint density at radius 1 is 0.515 bits per heavy atom. The predicted molar refractivity (Wildman–Crippen MR) is 137 cm³/mol. The van der Waals surface area contributed by atoms with E-state index in [1.165, 1.54) is 10.6 Å². The molecule has 0 spiro atoms. The highest BCUT2D eigenvalue weighted by atomic mass is 32.2. The second kappa shape index (κ2) is 10.4. The van der Waals surface area contributed by atoms with E-state index < -0.39 is 10.0 Å². The normalized spacial score (nSPS) is 11.2. The average Bonchev–Trinajstić information content (AvgIpc) is 2.83. The standard InChI is InChI=1S/C28H28N2O2S/c1-33(31,32)30(23-26-17-9-4-10-18-26)28-20-12-11-19-27(28)29(21-24-13-5-2-6-14-24)22-25-15-7-3-8-16-25/h2-20H,21-23H2,1H3. The molecule has 0 amide bonds. The molecule has 0 saturated carbocycles. The topological polar surface area (TPSA) is 40.6 Å². The Morgan fingerprint density at radius 2 is 0.879 bits per heavy atom. The predicted octanol–water partition coefficient (Wildman–Crippen LogP) is 5.86. The van der Waals surface area contributed by atoms with Crippen molar-refractivity contribution in [2.45, 2.75) is 19.6 Å². The Labute approximate surface area is 196 Å². The monoisotopic (exact) mass is 456 g/mol. The maximum atomic E-state index is 12.9. The molecular weight excluding hydrogens is 428 g/mol. The largest absolute Gasteiger partial charge is 0.361 e. The molecule has 4 nitrogen and oxygen atoms in total.